The van der Waals surface area contributed by atoms with Gasteiger partial charge in [-0.1, -0.05) is 11.6 Å². The molecule has 1 aromatic heterocycles. The molecule has 1 N–H and O–H groups in total. The Morgan fingerprint density at radius 3 is 2.45 bits per heavy atom. The smallest absolute Gasteiger partial charge is 0.338 e. The molecule has 1 amide bonds. The van der Waals surface area contributed by atoms with Crippen LogP contribution in [0.5, 0.6) is 0 Å². The normalized spacial score (nSPS) is 10.1. The van der Waals surface area contributed by atoms with E-state index in [9.17, 15) is 9.59 Å². The van der Waals surface area contributed by atoms with Gasteiger partial charge in [-0.25, -0.2) is 4.79 Å². The first-order chi connectivity index (χ1) is 9.60. The van der Waals surface area contributed by atoms with Crippen molar-refractivity contribution in [1.82, 2.24) is 0 Å². The molecule has 0 radical (unpaired) electrons. The molecule has 20 heavy (non-hydrogen) atoms. The zero-order valence-electron chi connectivity index (χ0n) is 10.7. The molecule has 4 nitrogen and oxygen atoms in total. The van der Waals surface area contributed by atoms with Crippen molar-refractivity contribution in [3.63, 3.8) is 0 Å². The summed E-state index contributed by atoms with van der Waals surface area (Å²) in [6, 6.07) is 9.85. The number of hydrogen-bond donors (Lipinski definition) is 1. The molecular weight excluding hydrogens is 298 g/mol. The Morgan fingerprint density at radius 2 is 1.90 bits per heavy atom. The summed E-state index contributed by atoms with van der Waals surface area (Å²) >= 11 is 6.99. The molecule has 0 atom stereocenters. The molecule has 0 aliphatic rings. The third-order valence-electron chi connectivity index (χ3n) is 2.45. The number of anilines is 1. The quantitative estimate of drug-likeness (QED) is 0.873. The van der Waals surface area contributed by atoms with Crippen LogP contribution in [0.1, 0.15) is 27.0 Å². The molecule has 1 heterocycles. The number of thiophene rings is 1. The van der Waals surface area contributed by atoms with Crippen LogP contribution < -0.4 is 5.32 Å². The molecule has 0 aliphatic carbocycles. The summed E-state index contributed by atoms with van der Waals surface area (Å²) in [7, 11) is 0. The Bertz CT molecular complexity index is 622. The van der Waals surface area contributed by atoms with Crippen molar-refractivity contribution in [1.29, 1.82) is 0 Å². The third kappa shape index (κ3) is 3.59. The highest BCUT2D eigenvalue weighted by Crippen LogP contribution is 2.22. The summed E-state index contributed by atoms with van der Waals surface area (Å²) in [5.41, 5.74) is 1.05. The van der Waals surface area contributed by atoms with Crippen molar-refractivity contribution in [2.24, 2.45) is 0 Å². The van der Waals surface area contributed by atoms with E-state index in [1.165, 1.54) is 11.3 Å². The van der Waals surface area contributed by atoms with Gasteiger partial charge in [-0.2, -0.15) is 0 Å². The van der Waals surface area contributed by atoms with Crippen molar-refractivity contribution in [2.45, 2.75) is 6.92 Å². The number of nitrogens with one attached hydrogen (secondary N) is 1. The molecule has 0 saturated carbocycles. The van der Waals surface area contributed by atoms with Gasteiger partial charge in [0.25, 0.3) is 5.91 Å². The van der Waals surface area contributed by atoms with Crippen molar-refractivity contribution in [3.05, 3.63) is 51.2 Å². The zero-order chi connectivity index (χ0) is 14.5. The Balaban J connectivity index is 2.04. The molecule has 6 heteroatoms. The van der Waals surface area contributed by atoms with Gasteiger partial charge in [-0.3, -0.25) is 4.79 Å². The number of rotatable bonds is 4. The van der Waals surface area contributed by atoms with Gasteiger partial charge in [0, 0.05) is 5.69 Å². The molecule has 0 aliphatic heterocycles. The minimum Gasteiger partial charge on any atom is -0.462 e. The summed E-state index contributed by atoms with van der Waals surface area (Å²) in [6.07, 6.45) is 0. The van der Waals surface area contributed by atoms with Gasteiger partial charge in [-0.15, -0.1) is 11.3 Å². The molecule has 2 aromatic rings. The lowest BCUT2D eigenvalue weighted by Gasteiger charge is -2.05. The van der Waals surface area contributed by atoms with E-state index in [4.69, 9.17) is 16.3 Å². The van der Waals surface area contributed by atoms with Crippen molar-refractivity contribution < 1.29 is 14.3 Å². The van der Waals surface area contributed by atoms with E-state index in [1.807, 2.05) is 0 Å². The largest absolute Gasteiger partial charge is 0.462 e. The number of ether oxygens (including phenoxy) is 1. The highest BCUT2D eigenvalue weighted by Gasteiger charge is 2.10. The predicted molar refractivity (Wildman–Crippen MR) is 79.7 cm³/mol. The monoisotopic (exact) mass is 309 g/mol. The number of halogens is 1. The van der Waals surface area contributed by atoms with E-state index < -0.39 is 0 Å². The molecule has 0 saturated heterocycles. The molecular formula is C14H12ClNO3S. The van der Waals surface area contributed by atoms with E-state index in [-0.39, 0.29) is 11.9 Å². The SMILES string of the molecule is CCOC(=O)c1ccc(NC(=O)c2ccc(Cl)s2)cc1. The summed E-state index contributed by atoms with van der Waals surface area (Å²) < 4.78 is 5.44. The van der Waals surface area contributed by atoms with E-state index in [2.05, 4.69) is 5.32 Å². The van der Waals surface area contributed by atoms with E-state index in [0.717, 1.165) is 0 Å². The van der Waals surface area contributed by atoms with Crippen LogP contribution in [-0.4, -0.2) is 18.5 Å². The van der Waals surface area contributed by atoms with Gasteiger partial charge in [-0.05, 0) is 43.3 Å². The molecule has 0 unspecified atom stereocenters. The number of amides is 1. The third-order valence-corrected chi connectivity index (χ3v) is 3.68. The standard InChI is InChI=1S/C14H12ClNO3S/c1-2-19-14(18)9-3-5-10(6-4-9)16-13(17)11-7-8-12(15)20-11/h3-8H,2H2,1H3,(H,16,17). The Hall–Kier alpha value is -1.85. The number of hydrogen-bond acceptors (Lipinski definition) is 4. The molecule has 0 bridgehead atoms. The molecule has 1 aromatic carbocycles. The minimum absolute atomic E-state index is 0.231. The minimum atomic E-state index is -0.379. The lowest BCUT2D eigenvalue weighted by atomic mass is 10.2. The zero-order valence-corrected chi connectivity index (χ0v) is 12.3. The second-order valence-electron chi connectivity index (χ2n) is 3.86. The van der Waals surface area contributed by atoms with E-state index in [0.29, 0.717) is 27.1 Å². The average molecular weight is 310 g/mol. The van der Waals surface area contributed by atoms with Gasteiger partial charge in [0.2, 0.25) is 0 Å². The number of carbonyl (C=O) groups is 2. The molecule has 0 spiro atoms. The van der Waals surface area contributed by atoms with Crippen LogP contribution in [-0.2, 0) is 4.74 Å². The van der Waals surface area contributed by atoms with Crippen LogP contribution in [0, 0.1) is 0 Å². The van der Waals surface area contributed by atoms with Crippen molar-refractivity contribution >= 4 is 40.5 Å². The Labute approximate surface area is 125 Å². The Morgan fingerprint density at radius 1 is 1.20 bits per heavy atom. The fourth-order valence-electron chi connectivity index (χ4n) is 1.53. The van der Waals surface area contributed by atoms with Crippen LogP contribution in [0.2, 0.25) is 4.34 Å². The van der Waals surface area contributed by atoms with Crippen LogP contribution in [0.15, 0.2) is 36.4 Å². The van der Waals surface area contributed by atoms with Crippen LogP contribution >= 0.6 is 22.9 Å². The molecule has 104 valence electrons. The van der Waals surface area contributed by atoms with Gasteiger partial charge >= 0.3 is 5.97 Å². The van der Waals surface area contributed by atoms with Crippen molar-refractivity contribution in [3.8, 4) is 0 Å². The predicted octanol–water partition coefficient (Wildman–Crippen LogP) is 3.83. The van der Waals surface area contributed by atoms with Crippen LogP contribution in [0.3, 0.4) is 0 Å². The lowest BCUT2D eigenvalue weighted by Crippen LogP contribution is -2.10. The maximum Gasteiger partial charge on any atom is 0.338 e. The second-order valence-corrected chi connectivity index (χ2v) is 5.57. The number of esters is 1. The first kappa shape index (κ1) is 14.6. The summed E-state index contributed by atoms with van der Waals surface area (Å²) in [4.78, 5) is 23.9. The van der Waals surface area contributed by atoms with E-state index >= 15 is 0 Å². The van der Waals surface area contributed by atoms with Crippen LogP contribution in [0.4, 0.5) is 5.69 Å². The summed E-state index contributed by atoms with van der Waals surface area (Å²) in [6.45, 7) is 2.08. The average Bonchev–Trinajstić information content (AvgIpc) is 2.86. The van der Waals surface area contributed by atoms with Gasteiger partial charge < -0.3 is 10.1 Å². The highest BCUT2D eigenvalue weighted by molar-refractivity contribution is 7.18. The fourth-order valence-corrected chi connectivity index (χ4v) is 2.47. The fraction of sp³-hybridized carbons (Fsp3) is 0.143. The molecule has 2 rings (SSSR count). The number of carbonyl (C=O) groups excluding carboxylic acids is 2. The van der Waals surface area contributed by atoms with Gasteiger partial charge in [0.05, 0.1) is 21.4 Å². The maximum absolute atomic E-state index is 11.9. The van der Waals surface area contributed by atoms with Crippen LogP contribution in [0.25, 0.3) is 0 Å². The first-order valence-electron chi connectivity index (χ1n) is 5.94. The topological polar surface area (TPSA) is 55.4 Å². The molecule has 0 fully saturated rings. The summed E-state index contributed by atoms with van der Waals surface area (Å²) in [5, 5.41) is 2.73. The second kappa shape index (κ2) is 6.54. The van der Waals surface area contributed by atoms with Gasteiger partial charge in [0.1, 0.15) is 0 Å². The van der Waals surface area contributed by atoms with E-state index in [1.54, 1.807) is 43.3 Å². The first-order valence-corrected chi connectivity index (χ1v) is 7.13. The van der Waals surface area contributed by atoms with Crippen molar-refractivity contribution in [2.75, 3.05) is 11.9 Å². The maximum atomic E-state index is 11.9. The number of benzene rings is 1. The lowest BCUT2D eigenvalue weighted by molar-refractivity contribution is 0.0526. The Kier molecular flexibility index (Phi) is 4.76. The van der Waals surface area contributed by atoms with Gasteiger partial charge in [0.15, 0.2) is 0 Å². The highest BCUT2D eigenvalue weighted by atomic mass is 35.5. The summed E-state index contributed by atoms with van der Waals surface area (Å²) in [5.74, 6) is -0.610.